The van der Waals surface area contributed by atoms with Gasteiger partial charge in [-0.25, -0.2) is 0 Å². The SMILES string of the molecule is CC(C)CCCCC1CC2C=CC1C2. The first-order valence-corrected chi connectivity index (χ1v) is 6.44. The van der Waals surface area contributed by atoms with E-state index >= 15 is 0 Å². The molecule has 1 fully saturated rings. The Balaban J connectivity index is 1.61. The van der Waals surface area contributed by atoms with Crippen LogP contribution in [0.5, 0.6) is 0 Å². The van der Waals surface area contributed by atoms with Crippen LogP contribution >= 0.6 is 0 Å². The molecule has 0 aromatic rings. The van der Waals surface area contributed by atoms with E-state index in [1.807, 2.05) is 0 Å². The first kappa shape index (κ1) is 10.3. The highest BCUT2D eigenvalue weighted by molar-refractivity contribution is 5.09. The third-order valence-corrected chi connectivity index (χ3v) is 4.02. The van der Waals surface area contributed by atoms with E-state index in [1.54, 1.807) is 0 Å². The number of allylic oxidation sites excluding steroid dienone is 2. The zero-order valence-corrected chi connectivity index (χ0v) is 9.71. The van der Waals surface area contributed by atoms with Gasteiger partial charge in [0.25, 0.3) is 0 Å². The Bertz CT molecular complexity index is 202. The molecule has 1 saturated carbocycles. The molecule has 0 aromatic carbocycles. The summed E-state index contributed by atoms with van der Waals surface area (Å²) in [6.45, 7) is 4.67. The molecule has 0 saturated heterocycles. The van der Waals surface area contributed by atoms with Crippen LogP contribution in [0.1, 0.15) is 52.4 Å². The van der Waals surface area contributed by atoms with Crippen LogP contribution in [0.25, 0.3) is 0 Å². The fourth-order valence-electron chi connectivity index (χ4n) is 3.19. The second kappa shape index (κ2) is 4.51. The van der Waals surface area contributed by atoms with Gasteiger partial charge in [-0.1, -0.05) is 45.3 Å². The van der Waals surface area contributed by atoms with Gasteiger partial charge >= 0.3 is 0 Å². The Hall–Kier alpha value is -0.260. The lowest BCUT2D eigenvalue weighted by atomic mass is 9.88. The molecule has 2 bridgehead atoms. The van der Waals surface area contributed by atoms with Crippen LogP contribution in [0, 0.1) is 23.7 Å². The van der Waals surface area contributed by atoms with Crippen LogP contribution in [0.3, 0.4) is 0 Å². The minimum atomic E-state index is 0.898. The van der Waals surface area contributed by atoms with Gasteiger partial charge < -0.3 is 0 Å². The molecule has 0 aromatic heterocycles. The summed E-state index contributed by atoms with van der Waals surface area (Å²) in [5.41, 5.74) is 0. The second-order valence-corrected chi connectivity index (χ2v) is 5.72. The van der Waals surface area contributed by atoms with E-state index < -0.39 is 0 Å². The Morgan fingerprint density at radius 2 is 2.00 bits per heavy atom. The predicted molar refractivity (Wildman–Crippen MR) is 62.2 cm³/mol. The summed E-state index contributed by atoms with van der Waals surface area (Å²) in [7, 11) is 0. The van der Waals surface area contributed by atoms with E-state index in [2.05, 4.69) is 26.0 Å². The fraction of sp³-hybridized carbons (Fsp3) is 0.857. The molecular formula is C14H24. The summed E-state index contributed by atoms with van der Waals surface area (Å²) >= 11 is 0. The topological polar surface area (TPSA) is 0 Å². The monoisotopic (exact) mass is 192 g/mol. The molecule has 0 heterocycles. The highest BCUT2D eigenvalue weighted by atomic mass is 14.4. The first-order valence-electron chi connectivity index (χ1n) is 6.44. The van der Waals surface area contributed by atoms with Crippen LogP contribution in [-0.4, -0.2) is 0 Å². The summed E-state index contributed by atoms with van der Waals surface area (Å²) in [5, 5.41) is 0. The molecule has 0 amide bonds. The van der Waals surface area contributed by atoms with E-state index in [4.69, 9.17) is 0 Å². The van der Waals surface area contributed by atoms with Gasteiger partial charge in [-0.2, -0.15) is 0 Å². The van der Waals surface area contributed by atoms with Crippen LogP contribution < -0.4 is 0 Å². The molecule has 2 aliphatic rings. The van der Waals surface area contributed by atoms with Gasteiger partial charge in [-0.15, -0.1) is 0 Å². The maximum Gasteiger partial charge on any atom is -0.0199 e. The maximum absolute atomic E-state index is 2.49. The van der Waals surface area contributed by atoms with Crippen molar-refractivity contribution in [3.05, 3.63) is 12.2 Å². The van der Waals surface area contributed by atoms with E-state index in [-0.39, 0.29) is 0 Å². The van der Waals surface area contributed by atoms with Crippen LogP contribution in [0.4, 0.5) is 0 Å². The quantitative estimate of drug-likeness (QED) is 0.447. The zero-order chi connectivity index (χ0) is 9.97. The first-order chi connectivity index (χ1) is 6.75. The lowest BCUT2D eigenvalue weighted by Crippen LogP contribution is -2.06. The van der Waals surface area contributed by atoms with E-state index in [9.17, 15) is 0 Å². The molecule has 3 atom stereocenters. The van der Waals surface area contributed by atoms with Crippen molar-refractivity contribution in [1.82, 2.24) is 0 Å². The number of unbranched alkanes of at least 4 members (excludes halogenated alkanes) is 1. The zero-order valence-electron chi connectivity index (χ0n) is 9.71. The number of hydrogen-bond acceptors (Lipinski definition) is 0. The average molecular weight is 192 g/mol. The molecular weight excluding hydrogens is 168 g/mol. The van der Waals surface area contributed by atoms with Crippen molar-refractivity contribution in [2.24, 2.45) is 23.7 Å². The van der Waals surface area contributed by atoms with Crippen molar-refractivity contribution < 1.29 is 0 Å². The molecule has 0 nitrogen and oxygen atoms in total. The summed E-state index contributed by atoms with van der Waals surface area (Å²) in [4.78, 5) is 0. The highest BCUT2D eigenvalue weighted by Gasteiger charge is 2.34. The van der Waals surface area contributed by atoms with Crippen LogP contribution in [0.2, 0.25) is 0 Å². The van der Waals surface area contributed by atoms with Crippen molar-refractivity contribution in [3.8, 4) is 0 Å². The lowest BCUT2D eigenvalue weighted by molar-refractivity contribution is 0.388. The van der Waals surface area contributed by atoms with E-state index in [1.165, 1.54) is 38.5 Å². The fourth-order valence-corrected chi connectivity index (χ4v) is 3.19. The van der Waals surface area contributed by atoms with Crippen molar-refractivity contribution in [2.75, 3.05) is 0 Å². The number of hydrogen-bond donors (Lipinski definition) is 0. The molecule has 14 heavy (non-hydrogen) atoms. The van der Waals surface area contributed by atoms with Crippen molar-refractivity contribution in [1.29, 1.82) is 0 Å². The van der Waals surface area contributed by atoms with Gasteiger partial charge in [0, 0.05) is 0 Å². The summed E-state index contributed by atoms with van der Waals surface area (Å²) in [5.74, 6) is 3.89. The van der Waals surface area contributed by atoms with Gasteiger partial charge in [0.05, 0.1) is 0 Å². The van der Waals surface area contributed by atoms with Crippen molar-refractivity contribution in [2.45, 2.75) is 52.4 Å². The third kappa shape index (κ3) is 2.40. The van der Waals surface area contributed by atoms with Crippen LogP contribution in [0.15, 0.2) is 12.2 Å². The lowest BCUT2D eigenvalue weighted by Gasteiger charge is -2.17. The summed E-state index contributed by atoms with van der Waals surface area (Å²) in [6, 6.07) is 0. The largest absolute Gasteiger partial charge is 0.0851 e. The van der Waals surface area contributed by atoms with Crippen LogP contribution in [-0.2, 0) is 0 Å². The molecule has 2 rings (SSSR count). The van der Waals surface area contributed by atoms with E-state index in [0.29, 0.717) is 0 Å². The molecule has 0 radical (unpaired) electrons. The summed E-state index contributed by atoms with van der Waals surface area (Å²) in [6.07, 6.45) is 13.8. The minimum absolute atomic E-state index is 0.898. The molecule has 0 aliphatic heterocycles. The Kier molecular flexibility index (Phi) is 3.30. The molecule has 0 spiro atoms. The Labute approximate surface area is 88.8 Å². The van der Waals surface area contributed by atoms with Gasteiger partial charge in [0.15, 0.2) is 0 Å². The van der Waals surface area contributed by atoms with Crippen molar-refractivity contribution in [3.63, 3.8) is 0 Å². The molecule has 3 unspecified atom stereocenters. The van der Waals surface area contributed by atoms with Gasteiger partial charge in [0.2, 0.25) is 0 Å². The summed E-state index contributed by atoms with van der Waals surface area (Å²) < 4.78 is 0. The van der Waals surface area contributed by atoms with E-state index in [0.717, 1.165) is 23.7 Å². The second-order valence-electron chi connectivity index (χ2n) is 5.72. The Morgan fingerprint density at radius 1 is 1.14 bits per heavy atom. The third-order valence-electron chi connectivity index (χ3n) is 4.02. The smallest absolute Gasteiger partial charge is 0.0199 e. The number of fused-ring (bicyclic) bond motifs is 2. The highest BCUT2D eigenvalue weighted by Crippen LogP contribution is 2.45. The van der Waals surface area contributed by atoms with Crippen molar-refractivity contribution >= 4 is 0 Å². The van der Waals surface area contributed by atoms with Gasteiger partial charge in [0.1, 0.15) is 0 Å². The normalized spacial score (nSPS) is 34.6. The predicted octanol–water partition coefficient (Wildman–Crippen LogP) is 4.42. The maximum atomic E-state index is 2.49. The van der Waals surface area contributed by atoms with Gasteiger partial charge in [-0.05, 0) is 42.9 Å². The number of rotatable bonds is 5. The standard InChI is InChI=1S/C14H24/c1-11(2)5-3-4-6-13-9-12-7-8-14(13)10-12/h7-8,11-14H,3-6,9-10H2,1-2H3. The molecule has 80 valence electrons. The molecule has 0 N–H and O–H groups in total. The Morgan fingerprint density at radius 3 is 2.57 bits per heavy atom. The minimum Gasteiger partial charge on any atom is -0.0851 e. The van der Waals surface area contributed by atoms with Gasteiger partial charge in [-0.3, -0.25) is 0 Å². The molecule has 2 aliphatic carbocycles. The molecule has 0 heteroatoms. The average Bonchev–Trinajstić information content (AvgIpc) is 2.73.